The first kappa shape index (κ1) is 13.2. The van der Waals surface area contributed by atoms with E-state index < -0.39 is 0 Å². The quantitative estimate of drug-likeness (QED) is 0.730. The van der Waals surface area contributed by atoms with E-state index in [4.69, 9.17) is 0 Å². The summed E-state index contributed by atoms with van der Waals surface area (Å²) in [6.07, 6.45) is 9.15. The van der Waals surface area contributed by atoms with Gasteiger partial charge in [0.05, 0.1) is 11.9 Å². The van der Waals surface area contributed by atoms with Crippen LogP contribution in [0.1, 0.15) is 5.56 Å². The van der Waals surface area contributed by atoms with Crippen LogP contribution in [-0.2, 0) is 13.6 Å². The number of aryl methyl sites for hydroxylation is 1. The maximum atomic E-state index is 4.59. The minimum absolute atomic E-state index is 0.681. The van der Waals surface area contributed by atoms with Crippen LogP contribution in [0, 0.1) is 0 Å². The van der Waals surface area contributed by atoms with Crippen LogP contribution >= 0.6 is 0 Å². The fourth-order valence-electron chi connectivity index (χ4n) is 2.11. The van der Waals surface area contributed by atoms with E-state index in [0.29, 0.717) is 12.5 Å². The Labute approximate surface area is 123 Å². The van der Waals surface area contributed by atoms with Crippen molar-refractivity contribution in [3.05, 3.63) is 54.7 Å². The van der Waals surface area contributed by atoms with Gasteiger partial charge in [-0.05, 0) is 18.2 Å². The molecule has 106 valence electrons. The normalized spacial score (nSPS) is 10.6. The predicted molar refractivity (Wildman–Crippen MR) is 80.6 cm³/mol. The molecule has 0 amide bonds. The third kappa shape index (κ3) is 3.05. The molecule has 21 heavy (non-hydrogen) atoms. The Hall–Kier alpha value is -2.76. The van der Waals surface area contributed by atoms with Crippen molar-refractivity contribution in [2.45, 2.75) is 6.54 Å². The van der Waals surface area contributed by atoms with Crippen LogP contribution in [0.15, 0.2) is 49.2 Å². The maximum absolute atomic E-state index is 4.59. The Morgan fingerprint density at radius 2 is 2.10 bits per heavy atom. The van der Waals surface area contributed by atoms with E-state index in [2.05, 4.69) is 20.1 Å². The molecule has 0 N–H and O–H groups in total. The van der Waals surface area contributed by atoms with E-state index in [1.165, 1.54) is 0 Å². The highest BCUT2D eigenvalue weighted by atomic mass is 15.3. The molecule has 0 aliphatic heterocycles. The fourth-order valence-corrected chi connectivity index (χ4v) is 2.11. The van der Waals surface area contributed by atoms with Crippen molar-refractivity contribution in [2.75, 3.05) is 11.9 Å². The van der Waals surface area contributed by atoms with Crippen molar-refractivity contribution in [2.24, 2.45) is 7.05 Å². The highest BCUT2D eigenvalue weighted by Gasteiger charge is 2.08. The average Bonchev–Trinajstić information content (AvgIpc) is 2.93. The topological polar surface area (TPSA) is 59.7 Å². The zero-order chi connectivity index (χ0) is 14.7. The van der Waals surface area contributed by atoms with Gasteiger partial charge < -0.3 is 4.90 Å². The molecule has 3 heterocycles. The van der Waals surface area contributed by atoms with Crippen LogP contribution in [0.2, 0.25) is 0 Å². The molecule has 0 unspecified atom stereocenters. The largest absolute Gasteiger partial charge is 0.339 e. The highest BCUT2D eigenvalue weighted by Crippen LogP contribution is 2.18. The van der Waals surface area contributed by atoms with Gasteiger partial charge in [0.25, 0.3) is 0 Å². The molecule has 0 aliphatic carbocycles. The molecular formula is C15H16N6. The number of aromatic nitrogens is 5. The van der Waals surface area contributed by atoms with Crippen LogP contribution in [0.4, 0.5) is 5.95 Å². The van der Waals surface area contributed by atoms with Gasteiger partial charge in [-0.25, -0.2) is 9.97 Å². The summed E-state index contributed by atoms with van der Waals surface area (Å²) in [5.41, 5.74) is 2.97. The van der Waals surface area contributed by atoms with Gasteiger partial charge in [-0.15, -0.1) is 0 Å². The summed E-state index contributed by atoms with van der Waals surface area (Å²) < 4.78 is 1.79. The monoisotopic (exact) mass is 280 g/mol. The van der Waals surface area contributed by atoms with Gasteiger partial charge in [0.1, 0.15) is 0 Å². The predicted octanol–water partition coefficient (Wildman–Crippen LogP) is 1.91. The first-order chi connectivity index (χ1) is 10.2. The number of hydrogen-bond acceptors (Lipinski definition) is 5. The summed E-state index contributed by atoms with van der Waals surface area (Å²) >= 11 is 0. The minimum atomic E-state index is 0.681. The van der Waals surface area contributed by atoms with Crippen LogP contribution in [0.25, 0.3) is 11.3 Å². The molecule has 6 heteroatoms. The van der Waals surface area contributed by atoms with Crippen LogP contribution in [0.3, 0.4) is 0 Å². The van der Waals surface area contributed by atoms with E-state index in [9.17, 15) is 0 Å². The number of pyridine rings is 1. The second-order valence-electron chi connectivity index (χ2n) is 4.86. The second kappa shape index (κ2) is 5.70. The van der Waals surface area contributed by atoms with Crippen LogP contribution < -0.4 is 4.90 Å². The fraction of sp³-hybridized carbons (Fsp3) is 0.200. The zero-order valence-electron chi connectivity index (χ0n) is 12.0. The molecule has 0 bridgehead atoms. The molecule has 0 saturated heterocycles. The van der Waals surface area contributed by atoms with E-state index in [0.717, 1.165) is 16.8 Å². The Bertz CT molecular complexity index is 722. The van der Waals surface area contributed by atoms with Gasteiger partial charge in [0.15, 0.2) is 0 Å². The highest BCUT2D eigenvalue weighted by molar-refractivity contribution is 5.58. The lowest BCUT2D eigenvalue weighted by atomic mass is 10.2. The third-order valence-electron chi connectivity index (χ3n) is 3.12. The lowest BCUT2D eigenvalue weighted by Crippen LogP contribution is -2.18. The molecule has 0 fully saturated rings. The lowest BCUT2D eigenvalue weighted by molar-refractivity contribution is 0.766. The van der Waals surface area contributed by atoms with Crippen LogP contribution in [-0.4, -0.2) is 31.8 Å². The molecule has 0 radical (unpaired) electrons. The lowest BCUT2D eigenvalue weighted by Gasteiger charge is -2.16. The Kier molecular flexibility index (Phi) is 3.59. The third-order valence-corrected chi connectivity index (χ3v) is 3.12. The standard InChI is InChI=1S/C15H16N6/c1-20(10-12-8-18-21(2)11-12)15-17-7-5-14(19-15)13-4-3-6-16-9-13/h3-9,11H,10H2,1-2H3. The van der Waals surface area contributed by atoms with Crippen molar-refractivity contribution in [3.63, 3.8) is 0 Å². The molecule has 3 rings (SSSR count). The number of rotatable bonds is 4. The van der Waals surface area contributed by atoms with Gasteiger partial charge in [0, 0.05) is 56.6 Å². The number of hydrogen-bond donors (Lipinski definition) is 0. The molecule has 0 saturated carbocycles. The summed E-state index contributed by atoms with van der Waals surface area (Å²) in [6, 6.07) is 5.77. The smallest absolute Gasteiger partial charge is 0.225 e. The van der Waals surface area contributed by atoms with Crippen molar-refractivity contribution >= 4 is 5.95 Å². The van der Waals surface area contributed by atoms with Crippen LogP contribution in [0.5, 0.6) is 0 Å². The minimum Gasteiger partial charge on any atom is -0.339 e. The van der Waals surface area contributed by atoms with Gasteiger partial charge in [-0.2, -0.15) is 5.10 Å². The van der Waals surface area contributed by atoms with Gasteiger partial charge in [0.2, 0.25) is 5.95 Å². The summed E-state index contributed by atoms with van der Waals surface area (Å²) in [5, 5.41) is 4.17. The van der Waals surface area contributed by atoms with Crippen molar-refractivity contribution < 1.29 is 0 Å². The summed E-state index contributed by atoms with van der Waals surface area (Å²) in [7, 11) is 3.87. The van der Waals surface area contributed by atoms with E-state index >= 15 is 0 Å². The zero-order valence-corrected chi connectivity index (χ0v) is 12.0. The van der Waals surface area contributed by atoms with Gasteiger partial charge in [-0.1, -0.05) is 0 Å². The van der Waals surface area contributed by atoms with Gasteiger partial charge >= 0.3 is 0 Å². The second-order valence-corrected chi connectivity index (χ2v) is 4.86. The first-order valence-electron chi connectivity index (χ1n) is 6.64. The van der Waals surface area contributed by atoms with Gasteiger partial charge in [-0.3, -0.25) is 9.67 Å². The Balaban J connectivity index is 1.82. The van der Waals surface area contributed by atoms with Crippen molar-refractivity contribution in [1.82, 2.24) is 24.7 Å². The molecule has 3 aromatic heterocycles. The van der Waals surface area contributed by atoms with Crippen molar-refractivity contribution in [1.29, 1.82) is 0 Å². The molecular weight excluding hydrogens is 264 g/mol. The average molecular weight is 280 g/mol. The molecule has 0 aromatic carbocycles. The molecule has 0 aliphatic rings. The van der Waals surface area contributed by atoms with Crippen molar-refractivity contribution in [3.8, 4) is 11.3 Å². The summed E-state index contributed by atoms with van der Waals surface area (Å²) in [5.74, 6) is 0.681. The summed E-state index contributed by atoms with van der Waals surface area (Å²) in [4.78, 5) is 15.0. The Morgan fingerprint density at radius 1 is 1.19 bits per heavy atom. The van der Waals surface area contributed by atoms with E-state index in [-0.39, 0.29) is 0 Å². The van der Waals surface area contributed by atoms with E-state index in [1.807, 2.05) is 49.6 Å². The molecule has 6 nitrogen and oxygen atoms in total. The number of anilines is 1. The maximum Gasteiger partial charge on any atom is 0.225 e. The molecule has 0 atom stereocenters. The molecule has 0 spiro atoms. The SMILES string of the molecule is CN(Cc1cnn(C)c1)c1nccc(-c2cccnc2)n1. The Morgan fingerprint density at radius 3 is 2.81 bits per heavy atom. The molecule has 3 aromatic rings. The summed E-state index contributed by atoms with van der Waals surface area (Å²) in [6.45, 7) is 0.713. The van der Waals surface area contributed by atoms with E-state index in [1.54, 1.807) is 23.3 Å². The number of nitrogens with zero attached hydrogens (tertiary/aromatic N) is 6. The first-order valence-corrected chi connectivity index (χ1v) is 6.64.